The van der Waals surface area contributed by atoms with Gasteiger partial charge < -0.3 is 15.7 Å². The molecule has 1 aliphatic rings. The first-order valence-corrected chi connectivity index (χ1v) is 6.78. The summed E-state index contributed by atoms with van der Waals surface area (Å²) in [6.45, 7) is 4.81. The third-order valence-corrected chi connectivity index (χ3v) is 3.49. The fourth-order valence-corrected chi connectivity index (χ4v) is 2.51. The Morgan fingerprint density at radius 3 is 2.82 bits per heavy atom. The summed E-state index contributed by atoms with van der Waals surface area (Å²) in [5.41, 5.74) is 0. The van der Waals surface area contributed by atoms with E-state index in [-0.39, 0.29) is 12.6 Å². The Morgan fingerprint density at radius 2 is 2.18 bits per heavy atom. The number of rotatable bonds is 6. The lowest BCUT2D eigenvalue weighted by Gasteiger charge is -2.21. The van der Waals surface area contributed by atoms with Crippen molar-refractivity contribution in [2.45, 2.75) is 52.0 Å². The second-order valence-electron chi connectivity index (χ2n) is 5.39. The van der Waals surface area contributed by atoms with Crippen molar-refractivity contribution in [2.24, 2.45) is 11.8 Å². The molecule has 0 aromatic carbocycles. The zero-order chi connectivity index (χ0) is 12.7. The lowest BCUT2D eigenvalue weighted by molar-refractivity contribution is 0.226. The summed E-state index contributed by atoms with van der Waals surface area (Å²) in [7, 11) is 0. The van der Waals surface area contributed by atoms with Crippen molar-refractivity contribution in [1.29, 1.82) is 0 Å². The van der Waals surface area contributed by atoms with Gasteiger partial charge in [0.15, 0.2) is 0 Å². The topological polar surface area (TPSA) is 61.4 Å². The van der Waals surface area contributed by atoms with Crippen LogP contribution in [-0.2, 0) is 0 Å². The molecule has 0 aromatic rings. The third-order valence-electron chi connectivity index (χ3n) is 3.49. The van der Waals surface area contributed by atoms with Crippen molar-refractivity contribution in [1.82, 2.24) is 10.6 Å². The highest BCUT2D eigenvalue weighted by molar-refractivity contribution is 5.74. The third kappa shape index (κ3) is 5.39. The molecule has 1 aliphatic carbocycles. The Hall–Kier alpha value is -0.770. The molecule has 1 rings (SSSR count). The fourth-order valence-electron chi connectivity index (χ4n) is 2.51. The van der Waals surface area contributed by atoms with Crippen molar-refractivity contribution in [3.05, 3.63) is 0 Å². The van der Waals surface area contributed by atoms with Gasteiger partial charge in [-0.15, -0.1) is 0 Å². The summed E-state index contributed by atoms with van der Waals surface area (Å²) in [6, 6.07) is 0.188. The van der Waals surface area contributed by atoms with E-state index < -0.39 is 0 Å². The molecule has 100 valence electrons. The van der Waals surface area contributed by atoms with E-state index >= 15 is 0 Å². The molecule has 4 nitrogen and oxygen atoms in total. The monoisotopic (exact) mass is 242 g/mol. The van der Waals surface area contributed by atoms with Crippen LogP contribution in [0.3, 0.4) is 0 Å². The number of nitrogens with one attached hydrogen (secondary N) is 2. The Labute approximate surface area is 104 Å². The summed E-state index contributed by atoms with van der Waals surface area (Å²) in [4.78, 5) is 11.5. The molecule has 2 atom stereocenters. The summed E-state index contributed by atoms with van der Waals surface area (Å²) in [5.74, 6) is 1.37. The van der Waals surface area contributed by atoms with Gasteiger partial charge >= 0.3 is 6.03 Å². The fraction of sp³-hybridized carbons (Fsp3) is 0.923. The van der Waals surface area contributed by atoms with Crippen LogP contribution in [0.1, 0.15) is 46.0 Å². The van der Waals surface area contributed by atoms with Crippen molar-refractivity contribution in [3.8, 4) is 0 Å². The Balaban J connectivity index is 2.28. The molecular weight excluding hydrogens is 216 g/mol. The van der Waals surface area contributed by atoms with Gasteiger partial charge in [0.05, 0.1) is 6.61 Å². The highest BCUT2D eigenvalue weighted by Gasteiger charge is 2.28. The summed E-state index contributed by atoms with van der Waals surface area (Å²) < 4.78 is 0. The summed E-state index contributed by atoms with van der Waals surface area (Å²) in [6.07, 6.45) is 5.99. The van der Waals surface area contributed by atoms with Gasteiger partial charge in [-0.1, -0.05) is 26.7 Å². The summed E-state index contributed by atoms with van der Waals surface area (Å²) >= 11 is 0. The molecule has 1 saturated carbocycles. The second kappa shape index (κ2) is 7.54. The summed E-state index contributed by atoms with van der Waals surface area (Å²) in [5, 5.41) is 14.3. The maximum atomic E-state index is 11.5. The zero-order valence-corrected chi connectivity index (χ0v) is 11.0. The van der Waals surface area contributed by atoms with E-state index in [1.54, 1.807) is 0 Å². The molecule has 2 amide bonds. The van der Waals surface area contributed by atoms with E-state index in [2.05, 4.69) is 24.5 Å². The predicted molar refractivity (Wildman–Crippen MR) is 68.8 cm³/mol. The van der Waals surface area contributed by atoms with Crippen LogP contribution in [0, 0.1) is 11.8 Å². The molecule has 4 heteroatoms. The number of urea groups is 1. The first-order valence-electron chi connectivity index (χ1n) is 6.78. The maximum Gasteiger partial charge on any atom is 0.315 e. The van der Waals surface area contributed by atoms with Crippen LogP contribution in [0.25, 0.3) is 0 Å². The van der Waals surface area contributed by atoms with Crippen LogP contribution in [-0.4, -0.2) is 30.3 Å². The Kier molecular flexibility index (Phi) is 6.34. The lowest BCUT2D eigenvalue weighted by atomic mass is 9.94. The number of hydrogen-bond acceptors (Lipinski definition) is 2. The van der Waals surface area contributed by atoms with Crippen molar-refractivity contribution >= 4 is 6.03 Å². The van der Waals surface area contributed by atoms with Crippen LogP contribution in [0.5, 0.6) is 0 Å². The van der Waals surface area contributed by atoms with E-state index in [9.17, 15) is 4.79 Å². The van der Waals surface area contributed by atoms with Crippen LogP contribution >= 0.6 is 0 Å². The largest absolute Gasteiger partial charge is 0.395 e. The average Bonchev–Trinajstić information content (AvgIpc) is 2.71. The number of amides is 2. The van der Waals surface area contributed by atoms with Gasteiger partial charge in [0.25, 0.3) is 0 Å². The van der Waals surface area contributed by atoms with Gasteiger partial charge in [-0.2, -0.15) is 0 Å². The maximum absolute atomic E-state index is 11.5. The molecule has 0 aromatic heterocycles. The molecule has 0 spiro atoms. The van der Waals surface area contributed by atoms with Gasteiger partial charge in [-0.3, -0.25) is 0 Å². The number of hydrogen-bond donors (Lipinski definition) is 3. The van der Waals surface area contributed by atoms with Gasteiger partial charge in [0.1, 0.15) is 0 Å². The number of carbonyl (C=O) groups is 1. The van der Waals surface area contributed by atoms with Crippen molar-refractivity contribution < 1.29 is 9.90 Å². The quantitative estimate of drug-likeness (QED) is 0.666. The second-order valence-corrected chi connectivity index (χ2v) is 5.39. The lowest BCUT2D eigenvalue weighted by Crippen LogP contribution is -2.44. The molecule has 0 heterocycles. The van der Waals surface area contributed by atoms with Gasteiger partial charge in [-0.05, 0) is 31.1 Å². The van der Waals surface area contributed by atoms with E-state index in [0.717, 1.165) is 12.3 Å². The van der Waals surface area contributed by atoms with Crippen LogP contribution < -0.4 is 10.6 Å². The van der Waals surface area contributed by atoms with Crippen LogP contribution in [0.4, 0.5) is 4.79 Å². The van der Waals surface area contributed by atoms with E-state index in [0.29, 0.717) is 18.5 Å². The molecule has 0 saturated heterocycles. The van der Waals surface area contributed by atoms with Gasteiger partial charge in [0, 0.05) is 12.6 Å². The molecule has 17 heavy (non-hydrogen) atoms. The standard InChI is InChI=1S/C13H26N2O2/c1-10(2)6-7-11-4-3-5-12(11)15-13(17)14-8-9-16/h10-12,16H,3-9H2,1-2H3,(H2,14,15,17). The van der Waals surface area contributed by atoms with E-state index in [1.807, 2.05) is 0 Å². The first kappa shape index (κ1) is 14.3. The molecule has 3 N–H and O–H groups in total. The zero-order valence-electron chi connectivity index (χ0n) is 11.0. The molecule has 0 aliphatic heterocycles. The molecular formula is C13H26N2O2. The van der Waals surface area contributed by atoms with Gasteiger partial charge in [-0.25, -0.2) is 4.79 Å². The minimum atomic E-state index is -0.138. The minimum Gasteiger partial charge on any atom is -0.395 e. The average molecular weight is 242 g/mol. The smallest absolute Gasteiger partial charge is 0.315 e. The SMILES string of the molecule is CC(C)CCC1CCCC1NC(=O)NCCO. The minimum absolute atomic E-state index is 0.00509. The highest BCUT2D eigenvalue weighted by Crippen LogP contribution is 2.30. The van der Waals surface area contributed by atoms with Crippen LogP contribution in [0.15, 0.2) is 0 Å². The normalized spacial score (nSPS) is 24.0. The predicted octanol–water partition coefficient (Wildman–Crippen LogP) is 1.88. The molecule has 1 fully saturated rings. The van der Waals surface area contributed by atoms with Gasteiger partial charge in [0.2, 0.25) is 0 Å². The molecule has 0 radical (unpaired) electrons. The van der Waals surface area contributed by atoms with E-state index in [1.165, 1.54) is 25.7 Å². The van der Waals surface area contributed by atoms with E-state index in [4.69, 9.17) is 5.11 Å². The van der Waals surface area contributed by atoms with Crippen LogP contribution in [0.2, 0.25) is 0 Å². The number of aliphatic hydroxyl groups is 1. The number of carbonyl (C=O) groups excluding carboxylic acids is 1. The highest BCUT2D eigenvalue weighted by atomic mass is 16.3. The first-order chi connectivity index (χ1) is 8.13. The Morgan fingerprint density at radius 1 is 1.41 bits per heavy atom. The van der Waals surface area contributed by atoms with Crippen molar-refractivity contribution in [3.63, 3.8) is 0 Å². The Bertz CT molecular complexity index is 231. The number of aliphatic hydroxyl groups excluding tert-OH is 1. The van der Waals surface area contributed by atoms with Crippen molar-refractivity contribution in [2.75, 3.05) is 13.2 Å². The molecule has 0 bridgehead atoms. The molecule has 2 unspecified atom stereocenters.